The van der Waals surface area contributed by atoms with E-state index in [9.17, 15) is 10.1 Å². The lowest BCUT2D eigenvalue weighted by atomic mass is 9.92. The van der Waals surface area contributed by atoms with Crippen LogP contribution in [0.5, 0.6) is 0 Å². The lowest BCUT2D eigenvalue weighted by molar-refractivity contribution is 0.147. The molecular formula is C19H19N5O3. The van der Waals surface area contributed by atoms with Gasteiger partial charge in [-0.25, -0.2) is 4.79 Å². The van der Waals surface area contributed by atoms with E-state index in [1.54, 1.807) is 11.0 Å². The molecule has 0 spiro atoms. The highest BCUT2D eigenvalue weighted by Gasteiger charge is 2.68. The molecule has 1 aromatic carbocycles. The number of piperidine rings is 1. The van der Waals surface area contributed by atoms with Gasteiger partial charge in [0.1, 0.15) is 12.4 Å². The van der Waals surface area contributed by atoms with Gasteiger partial charge in [-0.05, 0) is 17.7 Å². The van der Waals surface area contributed by atoms with Crippen LogP contribution in [0, 0.1) is 23.2 Å². The van der Waals surface area contributed by atoms with Gasteiger partial charge in [0.05, 0.1) is 24.6 Å². The number of carbonyl (C=O) groups is 1. The summed E-state index contributed by atoms with van der Waals surface area (Å²) in [6.45, 7) is 2.72. The van der Waals surface area contributed by atoms with Crippen LogP contribution in [0.4, 0.5) is 16.3 Å². The van der Waals surface area contributed by atoms with Crippen molar-refractivity contribution < 1.29 is 14.1 Å². The van der Waals surface area contributed by atoms with E-state index in [1.165, 1.54) is 6.26 Å². The zero-order chi connectivity index (χ0) is 18.4. The van der Waals surface area contributed by atoms with Crippen LogP contribution in [0.15, 0.2) is 41.1 Å². The van der Waals surface area contributed by atoms with Crippen molar-refractivity contribution in [3.05, 3.63) is 42.2 Å². The summed E-state index contributed by atoms with van der Waals surface area (Å²) < 4.78 is 10.2. The highest BCUT2D eigenvalue weighted by molar-refractivity contribution is 5.89. The van der Waals surface area contributed by atoms with Crippen LogP contribution in [0.3, 0.4) is 0 Å². The van der Waals surface area contributed by atoms with Gasteiger partial charge in [-0.1, -0.05) is 17.3 Å². The van der Waals surface area contributed by atoms with Gasteiger partial charge >= 0.3 is 6.09 Å². The van der Waals surface area contributed by atoms with Crippen LogP contribution in [-0.4, -0.2) is 43.5 Å². The molecule has 1 aliphatic carbocycles. The number of aromatic nitrogens is 1. The zero-order valence-corrected chi connectivity index (χ0v) is 14.6. The number of cyclic esters (lactones) is 1. The summed E-state index contributed by atoms with van der Waals surface area (Å²) >= 11 is 0. The fourth-order valence-corrected chi connectivity index (χ4v) is 4.48. The predicted octanol–water partition coefficient (Wildman–Crippen LogP) is 1.72. The topological polar surface area (TPSA) is 103 Å². The van der Waals surface area contributed by atoms with Crippen LogP contribution in [0.2, 0.25) is 0 Å². The number of nitriles is 1. The largest absolute Gasteiger partial charge is 0.442 e. The molecule has 1 unspecified atom stereocenters. The second kappa shape index (κ2) is 5.99. The summed E-state index contributed by atoms with van der Waals surface area (Å²) in [4.78, 5) is 13.9. The minimum Gasteiger partial charge on any atom is -0.442 e. The summed E-state index contributed by atoms with van der Waals surface area (Å²) in [7, 11) is 0. The Balaban J connectivity index is 1.27. The highest BCUT2D eigenvalue weighted by Crippen LogP contribution is 2.61. The molecule has 2 saturated heterocycles. The molecule has 1 aromatic heterocycles. The molecule has 3 fully saturated rings. The number of nitrogens with zero attached hydrogens (tertiary/aromatic N) is 3. The number of fused-ring (bicyclic) bond motifs is 1. The van der Waals surface area contributed by atoms with Gasteiger partial charge in [-0.2, -0.15) is 5.26 Å². The molecule has 138 valence electrons. The van der Waals surface area contributed by atoms with Crippen molar-refractivity contribution in [1.29, 1.82) is 5.26 Å². The number of hydrogen-bond acceptors (Lipinski definition) is 7. The van der Waals surface area contributed by atoms with E-state index in [-0.39, 0.29) is 17.6 Å². The van der Waals surface area contributed by atoms with Crippen molar-refractivity contribution in [1.82, 2.24) is 10.5 Å². The van der Waals surface area contributed by atoms with Gasteiger partial charge in [-0.15, -0.1) is 0 Å². The third kappa shape index (κ3) is 2.46. The quantitative estimate of drug-likeness (QED) is 0.831. The molecule has 1 amide bonds. The van der Waals surface area contributed by atoms with E-state index in [0.29, 0.717) is 30.7 Å². The maximum Gasteiger partial charge on any atom is 0.414 e. The van der Waals surface area contributed by atoms with Crippen molar-refractivity contribution in [2.45, 2.75) is 11.5 Å². The first-order valence-electron chi connectivity index (χ1n) is 9.07. The first-order valence-corrected chi connectivity index (χ1v) is 9.07. The molecular weight excluding hydrogens is 346 g/mol. The molecule has 4 atom stereocenters. The average molecular weight is 365 g/mol. The van der Waals surface area contributed by atoms with Crippen molar-refractivity contribution in [2.24, 2.45) is 11.8 Å². The molecule has 1 saturated carbocycles. The summed E-state index contributed by atoms with van der Waals surface area (Å²) in [6.07, 6.45) is 0.847. The number of benzene rings is 1. The van der Waals surface area contributed by atoms with Gasteiger partial charge in [0.15, 0.2) is 5.82 Å². The van der Waals surface area contributed by atoms with Crippen molar-refractivity contribution >= 4 is 17.6 Å². The number of amides is 1. The summed E-state index contributed by atoms with van der Waals surface area (Å²) in [6, 6.07) is 12.0. The van der Waals surface area contributed by atoms with Crippen molar-refractivity contribution in [2.75, 3.05) is 36.4 Å². The number of hydrogen-bond donors (Lipinski definition) is 2. The van der Waals surface area contributed by atoms with E-state index in [4.69, 9.17) is 9.26 Å². The number of rotatable bonds is 5. The monoisotopic (exact) mass is 365 g/mol. The molecule has 2 N–H and O–H groups in total. The standard InChI is InChI=1S/C19H19N5O3/c20-11-19(15-8-21-9-16(15)19)12-1-3-13(4-2-12)24-10-14(27-18(24)25)7-22-17-5-6-26-23-17/h1-6,14-16,21H,7-10H2,(H,22,23)/t14-,15-,16+,19?/m1/s1. The smallest absolute Gasteiger partial charge is 0.414 e. The Labute approximate surface area is 156 Å². The summed E-state index contributed by atoms with van der Waals surface area (Å²) in [5, 5.41) is 19.9. The first-order chi connectivity index (χ1) is 13.2. The van der Waals surface area contributed by atoms with E-state index in [2.05, 4.69) is 21.9 Å². The third-order valence-electron chi connectivity index (χ3n) is 5.94. The molecule has 3 heterocycles. The maximum absolute atomic E-state index is 12.2. The Kier molecular flexibility index (Phi) is 3.58. The van der Waals surface area contributed by atoms with Crippen LogP contribution in [0.1, 0.15) is 5.56 Å². The van der Waals surface area contributed by atoms with Gasteiger partial charge < -0.3 is 19.9 Å². The van der Waals surface area contributed by atoms with E-state index in [1.807, 2.05) is 24.3 Å². The second-order valence-corrected chi connectivity index (χ2v) is 7.28. The number of anilines is 2. The Hall–Kier alpha value is -3.05. The van der Waals surface area contributed by atoms with Crippen LogP contribution >= 0.6 is 0 Å². The zero-order valence-electron chi connectivity index (χ0n) is 14.6. The van der Waals surface area contributed by atoms with E-state index < -0.39 is 0 Å². The molecule has 2 aliphatic heterocycles. The maximum atomic E-state index is 12.2. The van der Waals surface area contributed by atoms with Crippen molar-refractivity contribution in [3.8, 4) is 6.07 Å². The average Bonchev–Trinajstić information content (AvgIpc) is 3.23. The fraction of sp³-hybridized carbons (Fsp3) is 0.421. The van der Waals surface area contributed by atoms with Crippen molar-refractivity contribution in [3.63, 3.8) is 0 Å². The third-order valence-corrected chi connectivity index (χ3v) is 5.94. The van der Waals surface area contributed by atoms with Gasteiger partial charge in [0.25, 0.3) is 0 Å². The molecule has 0 bridgehead atoms. The van der Waals surface area contributed by atoms with E-state index >= 15 is 0 Å². The summed E-state index contributed by atoms with van der Waals surface area (Å²) in [5.41, 5.74) is 1.46. The Morgan fingerprint density at radius 1 is 1.30 bits per heavy atom. The number of carbonyl (C=O) groups excluding carboxylic acids is 1. The molecule has 2 aromatic rings. The van der Waals surface area contributed by atoms with Gasteiger partial charge in [0, 0.05) is 36.7 Å². The highest BCUT2D eigenvalue weighted by atomic mass is 16.6. The summed E-state index contributed by atoms with van der Waals surface area (Å²) in [5.74, 6) is 1.41. The molecule has 8 heteroatoms. The Morgan fingerprint density at radius 2 is 2.07 bits per heavy atom. The Bertz CT molecular complexity index is 879. The SMILES string of the molecule is N#CC1(c2ccc(N3C[C@@H](CNc4ccon4)OC3=O)cc2)[C@@H]2CNC[C@@H]21. The van der Waals surface area contributed by atoms with Crippen LogP contribution < -0.4 is 15.5 Å². The minimum atomic E-state index is -0.364. The van der Waals surface area contributed by atoms with Crippen LogP contribution in [0.25, 0.3) is 0 Å². The lowest BCUT2D eigenvalue weighted by Crippen LogP contribution is -2.27. The van der Waals surface area contributed by atoms with Gasteiger partial charge in [-0.3, -0.25) is 4.90 Å². The molecule has 5 rings (SSSR count). The van der Waals surface area contributed by atoms with Crippen LogP contribution in [-0.2, 0) is 10.2 Å². The fourth-order valence-electron chi connectivity index (χ4n) is 4.48. The normalized spacial score (nSPS) is 31.3. The second-order valence-electron chi connectivity index (χ2n) is 7.28. The Morgan fingerprint density at radius 3 is 2.74 bits per heavy atom. The molecule has 27 heavy (non-hydrogen) atoms. The van der Waals surface area contributed by atoms with E-state index in [0.717, 1.165) is 24.3 Å². The number of ether oxygens (including phenoxy) is 1. The lowest BCUT2D eigenvalue weighted by Gasteiger charge is -2.17. The molecule has 8 nitrogen and oxygen atoms in total. The first kappa shape index (κ1) is 16.1. The number of nitrogens with one attached hydrogen (secondary N) is 2. The molecule has 3 aliphatic rings. The van der Waals surface area contributed by atoms with Gasteiger partial charge in [0.2, 0.25) is 0 Å². The molecule has 0 radical (unpaired) electrons. The minimum absolute atomic E-state index is 0.270. The predicted molar refractivity (Wildman–Crippen MR) is 96.2 cm³/mol.